The number of carbonyl (C=O) groups excluding carboxylic acids is 1. The first-order valence-electron chi connectivity index (χ1n) is 8.48. The number of anilines is 1. The van der Waals surface area contributed by atoms with Crippen molar-refractivity contribution in [1.82, 2.24) is 10.2 Å². The van der Waals surface area contributed by atoms with Gasteiger partial charge in [-0.25, -0.2) is 4.39 Å². The summed E-state index contributed by atoms with van der Waals surface area (Å²) in [5, 5.41) is 9.77. The fraction of sp³-hybridized carbons (Fsp3) is 0.200. The van der Waals surface area contributed by atoms with Crippen LogP contribution >= 0.6 is 0 Å². The maximum atomic E-state index is 14.1. The molecular weight excluding hydrogens is 374 g/mol. The van der Waals surface area contributed by atoms with E-state index in [4.69, 9.17) is 0 Å². The Morgan fingerprint density at radius 2 is 1.89 bits per heavy atom. The van der Waals surface area contributed by atoms with Crippen LogP contribution in [0.25, 0.3) is 11.3 Å². The second-order valence-corrected chi connectivity index (χ2v) is 6.36. The number of hydrogen-bond donors (Lipinski definition) is 2. The van der Waals surface area contributed by atoms with Gasteiger partial charge in [0.1, 0.15) is 12.1 Å². The zero-order chi connectivity index (χ0) is 20.3. The predicted molar refractivity (Wildman–Crippen MR) is 97.2 cm³/mol. The Hall–Kier alpha value is -3.16. The highest BCUT2D eigenvalue weighted by molar-refractivity contribution is 5.64. The number of hydrogen-bond acceptors (Lipinski definition) is 3. The van der Waals surface area contributed by atoms with Crippen molar-refractivity contribution in [2.45, 2.75) is 25.6 Å². The summed E-state index contributed by atoms with van der Waals surface area (Å²) in [5.74, 6) is -1.02. The first-order chi connectivity index (χ1) is 13.3. The average molecular weight is 391 g/mol. The van der Waals surface area contributed by atoms with Crippen LogP contribution in [0.1, 0.15) is 29.5 Å². The lowest BCUT2D eigenvalue weighted by Crippen LogP contribution is -2.04. The van der Waals surface area contributed by atoms with Crippen LogP contribution in [0.4, 0.5) is 23.2 Å². The number of aldehydes is 1. The molecule has 8 heteroatoms. The number of H-pyrrole nitrogens is 1. The smallest absolute Gasteiger partial charge is 0.381 e. The number of rotatable bonds is 6. The van der Waals surface area contributed by atoms with Crippen LogP contribution in [-0.2, 0) is 17.5 Å². The summed E-state index contributed by atoms with van der Waals surface area (Å²) in [4.78, 5) is 10.8. The van der Waals surface area contributed by atoms with Gasteiger partial charge >= 0.3 is 6.18 Å². The molecule has 1 aromatic heterocycles. The molecule has 146 valence electrons. The Labute approximate surface area is 158 Å². The number of nitrogens with one attached hydrogen (secondary N) is 2. The highest BCUT2D eigenvalue weighted by atomic mass is 19.4. The lowest BCUT2D eigenvalue weighted by molar-refractivity contribution is -0.137. The van der Waals surface area contributed by atoms with E-state index in [0.717, 1.165) is 12.1 Å². The molecule has 1 unspecified atom stereocenters. The molecule has 0 aliphatic carbocycles. The lowest BCUT2D eigenvalue weighted by Gasteiger charge is -2.11. The van der Waals surface area contributed by atoms with E-state index in [-0.39, 0.29) is 6.54 Å². The molecule has 4 nitrogen and oxygen atoms in total. The van der Waals surface area contributed by atoms with Crippen molar-refractivity contribution in [3.05, 3.63) is 71.2 Å². The van der Waals surface area contributed by atoms with Crippen LogP contribution in [0.2, 0.25) is 0 Å². The summed E-state index contributed by atoms with van der Waals surface area (Å²) < 4.78 is 52.2. The van der Waals surface area contributed by atoms with Gasteiger partial charge in [0.15, 0.2) is 0 Å². The molecule has 3 rings (SSSR count). The van der Waals surface area contributed by atoms with Crippen LogP contribution < -0.4 is 5.32 Å². The topological polar surface area (TPSA) is 57.8 Å². The fourth-order valence-electron chi connectivity index (χ4n) is 2.80. The van der Waals surface area contributed by atoms with Gasteiger partial charge in [-0.15, -0.1) is 0 Å². The molecule has 2 aromatic carbocycles. The molecule has 2 N–H and O–H groups in total. The van der Waals surface area contributed by atoms with Gasteiger partial charge in [-0.2, -0.15) is 18.3 Å². The Morgan fingerprint density at radius 1 is 1.18 bits per heavy atom. The number of carbonyl (C=O) groups is 1. The third-order valence-corrected chi connectivity index (χ3v) is 4.40. The normalized spacial score (nSPS) is 12.6. The number of aromatic nitrogens is 2. The van der Waals surface area contributed by atoms with Gasteiger partial charge in [0.05, 0.1) is 17.5 Å². The van der Waals surface area contributed by atoms with Gasteiger partial charge in [-0.05, 0) is 35.4 Å². The molecule has 0 fully saturated rings. The minimum absolute atomic E-state index is 0.287. The Kier molecular flexibility index (Phi) is 5.48. The molecule has 0 radical (unpaired) electrons. The third kappa shape index (κ3) is 4.21. The van der Waals surface area contributed by atoms with E-state index in [9.17, 15) is 22.4 Å². The third-order valence-electron chi connectivity index (χ3n) is 4.40. The Morgan fingerprint density at radius 3 is 2.50 bits per heavy atom. The quantitative estimate of drug-likeness (QED) is 0.451. The molecule has 3 aromatic rings. The van der Waals surface area contributed by atoms with Crippen molar-refractivity contribution in [3.63, 3.8) is 0 Å². The summed E-state index contributed by atoms with van der Waals surface area (Å²) in [6.07, 6.45) is -2.17. The number of halogens is 4. The van der Waals surface area contributed by atoms with E-state index in [1.807, 2.05) is 0 Å². The first kappa shape index (κ1) is 19.6. The van der Waals surface area contributed by atoms with Crippen LogP contribution in [0.5, 0.6) is 0 Å². The Bertz CT molecular complexity index is 964. The number of aromatic amines is 1. The van der Waals surface area contributed by atoms with Gasteiger partial charge in [-0.1, -0.05) is 25.1 Å². The maximum absolute atomic E-state index is 14.1. The van der Waals surface area contributed by atoms with E-state index in [2.05, 4.69) is 15.5 Å². The number of nitrogens with zero attached hydrogens (tertiary/aromatic N) is 1. The van der Waals surface area contributed by atoms with Crippen LogP contribution in [-0.4, -0.2) is 16.5 Å². The minimum Gasteiger partial charge on any atom is -0.381 e. The lowest BCUT2D eigenvalue weighted by atomic mass is 10.0. The molecule has 0 saturated carbocycles. The molecule has 0 amide bonds. The highest BCUT2D eigenvalue weighted by Crippen LogP contribution is 2.31. The fourth-order valence-corrected chi connectivity index (χ4v) is 2.80. The van der Waals surface area contributed by atoms with E-state index >= 15 is 0 Å². The number of alkyl halides is 3. The number of benzene rings is 2. The van der Waals surface area contributed by atoms with Crippen molar-refractivity contribution in [2.75, 3.05) is 5.32 Å². The molecule has 0 bridgehead atoms. The van der Waals surface area contributed by atoms with Crippen LogP contribution in [0, 0.1) is 5.82 Å². The summed E-state index contributed by atoms with van der Waals surface area (Å²) in [5.41, 5.74) is 1.95. The molecule has 0 saturated heterocycles. The molecule has 1 atom stereocenters. The van der Waals surface area contributed by atoms with Gasteiger partial charge in [-0.3, -0.25) is 5.10 Å². The van der Waals surface area contributed by atoms with Crippen LogP contribution in [0.15, 0.2) is 48.7 Å². The molecule has 0 aliphatic rings. The standard InChI is InChI=1S/C20H17F4N3O/c1-12(11-28)17-7-6-16(8-18(17)21)25-9-14-10-26-27-19(14)13-2-4-15(5-3-13)20(22,23)24/h2-8,10-12,25H,9H2,1H3,(H,26,27). The van der Waals surface area contributed by atoms with Gasteiger partial charge in [0.2, 0.25) is 0 Å². The zero-order valence-electron chi connectivity index (χ0n) is 14.8. The van der Waals surface area contributed by atoms with E-state index in [1.165, 1.54) is 18.2 Å². The second kappa shape index (κ2) is 7.84. The highest BCUT2D eigenvalue weighted by Gasteiger charge is 2.30. The van der Waals surface area contributed by atoms with E-state index < -0.39 is 23.5 Å². The first-order valence-corrected chi connectivity index (χ1v) is 8.48. The predicted octanol–water partition coefficient (Wildman–Crippen LogP) is 5.15. The summed E-state index contributed by atoms with van der Waals surface area (Å²) in [6.45, 7) is 1.90. The summed E-state index contributed by atoms with van der Waals surface area (Å²) in [6, 6.07) is 9.27. The summed E-state index contributed by atoms with van der Waals surface area (Å²) >= 11 is 0. The largest absolute Gasteiger partial charge is 0.416 e. The van der Waals surface area contributed by atoms with Crippen molar-refractivity contribution >= 4 is 12.0 Å². The molecule has 0 spiro atoms. The second-order valence-electron chi connectivity index (χ2n) is 6.36. The zero-order valence-corrected chi connectivity index (χ0v) is 14.8. The van der Waals surface area contributed by atoms with Gasteiger partial charge in [0.25, 0.3) is 0 Å². The SMILES string of the molecule is CC(C=O)c1ccc(NCc2cn[nH]c2-c2ccc(C(F)(F)F)cc2)cc1F. The van der Waals surface area contributed by atoms with E-state index in [1.54, 1.807) is 25.3 Å². The van der Waals surface area contributed by atoms with Gasteiger partial charge in [0, 0.05) is 23.7 Å². The Balaban J connectivity index is 1.74. The van der Waals surface area contributed by atoms with Crippen molar-refractivity contribution in [1.29, 1.82) is 0 Å². The van der Waals surface area contributed by atoms with Crippen molar-refractivity contribution < 1.29 is 22.4 Å². The van der Waals surface area contributed by atoms with Crippen molar-refractivity contribution in [3.8, 4) is 11.3 Å². The van der Waals surface area contributed by atoms with Crippen LogP contribution in [0.3, 0.4) is 0 Å². The molecule has 28 heavy (non-hydrogen) atoms. The monoisotopic (exact) mass is 391 g/mol. The van der Waals surface area contributed by atoms with E-state index in [0.29, 0.717) is 34.4 Å². The molecular formula is C20H17F4N3O. The summed E-state index contributed by atoms with van der Waals surface area (Å²) in [7, 11) is 0. The molecule has 1 heterocycles. The minimum atomic E-state index is -4.39. The van der Waals surface area contributed by atoms with Gasteiger partial charge < -0.3 is 10.1 Å². The maximum Gasteiger partial charge on any atom is 0.416 e. The molecule has 0 aliphatic heterocycles. The van der Waals surface area contributed by atoms with Crippen molar-refractivity contribution in [2.24, 2.45) is 0 Å². The average Bonchev–Trinajstić information content (AvgIpc) is 3.14.